The Morgan fingerprint density at radius 1 is 1.26 bits per heavy atom. The number of carbonyl (C=O) groups excluding carboxylic acids is 1. The molecule has 0 aliphatic carbocycles. The van der Waals surface area contributed by atoms with Crippen molar-refractivity contribution in [1.82, 2.24) is 0 Å². The van der Waals surface area contributed by atoms with Gasteiger partial charge in [0.2, 0.25) is 0 Å². The van der Waals surface area contributed by atoms with Gasteiger partial charge in [0.25, 0.3) is 5.91 Å². The molecule has 23 heavy (non-hydrogen) atoms. The lowest BCUT2D eigenvalue weighted by Gasteiger charge is -2.16. The van der Waals surface area contributed by atoms with E-state index < -0.39 is 17.8 Å². The molecule has 6 heteroatoms. The van der Waals surface area contributed by atoms with E-state index in [1.54, 1.807) is 25.1 Å². The first kappa shape index (κ1) is 17.8. The van der Waals surface area contributed by atoms with Crippen LogP contribution in [-0.2, 0) is 4.79 Å². The van der Waals surface area contributed by atoms with E-state index in [4.69, 9.17) is 16.3 Å². The number of halogens is 3. The molecule has 3 nitrogen and oxygen atoms in total. The van der Waals surface area contributed by atoms with E-state index in [1.165, 1.54) is 12.1 Å². The molecule has 0 spiro atoms. The second kappa shape index (κ2) is 7.32. The normalized spacial score (nSPS) is 11.9. The van der Waals surface area contributed by atoms with Crippen LogP contribution in [0.1, 0.15) is 18.1 Å². The van der Waals surface area contributed by atoms with Crippen molar-refractivity contribution in [2.45, 2.75) is 26.9 Å². The summed E-state index contributed by atoms with van der Waals surface area (Å²) in [5.74, 6) is -0.405. The molecule has 0 bridgehead atoms. The van der Waals surface area contributed by atoms with Crippen molar-refractivity contribution in [3.8, 4) is 5.75 Å². The minimum Gasteiger partial charge on any atom is -0.481 e. The number of amides is 1. The summed E-state index contributed by atoms with van der Waals surface area (Å²) < 4.78 is 20.0. The monoisotopic (exact) mass is 399 g/mol. The van der Waals surface area contributed by atoms with Crippen molar-refractivity contribution in [3.63, 3.8) is 0 Å². The predicted molar refractivity (Wildman–Crippen MR) is 93.7 cm³/mol. The fourth-order valence-corrected chi connectivity index (χ4v) is 2.50. The van der Waals surface area contributed by atoms with E-state index in [0.29, 0.717) is 15.2 Å². The minimum atomic E-state index is -0.780. The number of benzene rings is 2. The van der Waals surface area contributed by atoms with Crippen LogP contribution in [0, 0.1) is 19.7 Å². The average molecular weight is 401 g/mol. The summed E-state index contributed by atoms with van der Waals surface area (Å²) in [6, 6.07) is 7.95. The number of carbonyl (C=O) groups is 1. The molecular weight excluding hydrogens is 385 g/mol. The number of rotatable bonds is 4. The molecule has 2 rings (SSSR count). The first-order valence-electron chi connectivity index (χ1n) is 6.97. The standard InChI is InChI=1S/C17H16BrClFNO2/c1-9-6-13(7-10(2)16(9)19)23-11(3)17(22)21-15-5-4-12(18)8-14(15)20/h4-8,11H,1-3H3,(H,21,22). The predicted octanol–water partition coefficient (Wildman–Crippen LogP) is 5.26. The molecule has 2 aromatic rings. The van der Waals surface area contributed by atoms with Crippen LogP contribution in [0.15, 0.2) is 34.8 Å². The largest absolute Gasteiger partial charge is 0.481 e. The van der Waals surface area contributed by atoms with Crippen molar-refractivity contribution in [2.75, 3.05) is 5.32 Å². The summed E-state index contributed by atoms with van der Waals surface area (Å²) in [5.41, 5.74) is 1.85. The molecule has 0 aliphatic rings. The molecule has 0 saturated heterocycles. The van der Waals surface area contributed by atoms with Gasteiger partial charge in [0.15, 0.2) is 6.10 Å². The fraction of sp³-hybridized carbons (Fsp3) is 0.235. The summed E-state index contributed by atoms with van der Waals surface area (Å²) >= 11 is 9.27. The van der Waals surface area contributed by atoms with Crippen LogP contribution in [-0.4, -0.2) is 12.0 Å². The van der Waals surface area contributed by atoms with Crippen LogP contribution in [0.4, 0.5) is 10.1 Å². The van der Waals surface area contributed by atoms with Gasteiger partial charge in [0.1, 0.15) is 11.6 Å². The van der Waals surface area contributed by atoms with Gasteiger partial charge in [0.05, 0.1) is 5.69 Å². The fourth-order valence-electron chi connectivity index (χ4n) is 2.06. The van der Waals surface area contributed by atoms with Crippen molar-refractivity contribution >= 4 is 39.1 Å². The average Bonchev–Trinajstić information content (AvgIpc) is 2.47. The lowest BCUT2D eigenvalue weighted by molar-refractivity contribution is -0.122. The lowest BCUT2D eigenvalue weighted by Crippen LogP contribution is -2.30. The van der Waals surface area contributed by atoms with Gasteiger partial charge in [0, 0.05) is 9.50 Å². The Morgan fingerprint density at radius 2 is 1.87 bits per heavy atom. The third-order valence-electron chi connectivity index (χ3n) is 3.28. The molecule has 1 amide bonds. The van der Waals surface area contributed by atoms with Crippen molar-refractivity contribution in [3.05, 3.63) is 56.8 Å². The van der Waals surface area contributed by atoms with Crippen molar-refractivity contribution in [2.24, 2.45) is 0 Å². The molecule has 1 unspecified atom stereocenters. The van der Waals surface area contributed by atoms with Crippen LogP contribution in [0.3, 0.4) is 0 Å². The number of aryl methyl sites for hydroxylation is 2. The Balaban J connectivity index is 2.08. The third kappa shape index (κ3) is 4.45. The zero-order chi connectivity index (χ0) is 17.1. The molecule has 1 atom stereocenters. The summed E-state index contributed by atoms with van der Waals surface area (Å²) in [6.45, 7) is 5.33. The summed E-state index contributed by atoms with van der Waals surface area (Å²) in [4.78, 5) is 12.2. The molecule has 1 N–H and O–H groups in total. The van der Waals surface area contributed by atoms with E-state index in [0.717, 1.165) is 11.1 Å². The highest BCUT2D eigenvalue weighted by atomic mass is 79.9. The highest BCUT2D eigenvalue weighted by Gasteiger charge is 2.17. The molecule has 0 saturated carbocycles. The van der Waals surface area contributed by atoms with E-state index in [-0.39, 0.29) is 5.69 Å². The molecule has 0 aromatic heterocycles. The van der Waals surface area contributed by atoms with E-state index in [1.807, 2.05) is 13.8 Å². The Hall–Kier alpha value is -1.59. The number of hydrogen-bond acceptors (Lipinski definition) is 2. The van der Waals surface area contributed by atoms with Gasteiger partial charge in [-0.1, -0.05) is 27.5 Å². The Bertz CT molecular complexity index is 728. The maximum Gasteiger partial charge on any atom is 0.265 e. The van der Waals surface area contributed by atoms with Gasteiger partial charge in [-0.2, -0.15) is 0 Å². The van der Waals surface area contributed by atoms with Crippen LogP contribution < -0.4 is 10.1 Å². The van der Waals surface area contributed by atoms with E-state index in [9.17, 15) is 9.18 Å². The maximum atomic E-state index is 13.8. The summed E-state index contributed by atoms with van der Waals surface area (Å²) in [5, 5.41) is 3.18. The lowest BCUT2D eigenvalue weighted by atomic mass is 10.1. The zero-order valence-corrected chi connectivity index (χ0v) is 15.3. The summed E-state index contributed by atoms with van der Waals surface area (Å²) in [6.07, 6.45) is -0.780. The number of ether oxygens (including phenoxy) is 1. The Kier molecular flexibility index (Phi) is 5.65. The van der Waals surface area contributed by atoms with Gasteiger partial charge in [-0.15, -0.1) is 0 Å². The van der Waals surface area contributed by atoms with Crippen LogP contribution >= 0.6 is 27.5 Å². The maximum absolute atomic E-state index is 13.8. The van der Waals surface area contributed by atoms with Gasteiger partial charge < -0.3 is 10.1 Å². The second-order valence-corrected chi connectivity index (χ2v) is 6.54. The Morgan fingerprint density at radius 3 is 2.43 bits per heavy atom. The minimum absolute atomic E-state index is 0.108. The highest BCUT2D eigenvalue weighted by molar-refractivity contribution is 9.10. The van der Waals surface area contributed by atoms with Crippen LogP contribution in [0.25, 0.3) is 0 Å². The van der Waals surface area contributed by atoms with Gasteiger partial charge in [-0.05, 0) is 62.2 Å². The number of hydrogen-bond donors (Lipinski definition) is 1. The van der Waals surface area contributed by atoms with Gasteiger partial charge in [-0.3, -0.25) is 4.79 Å². The van der Waals surface area contributed by atoms with E-state index in [2.05, 4.69) is 21.2 Å². The molecule has 122 valence electrons. The molecule has 2 aromatic carbocycles. The highest BCUT2D eigenvalue weighted by Crippen LogP contribution is 2.26. The first-order valence-corrected chi connectivity index (χ1v) is 8.14. The van der Waals surface area contributed by atoms with Gasteiger partial charge in [-0.25, -0.2) is 4.39 Å². The molecule has 0 fully saturated rings. The molecule has 0 radical (unpaired) electrons. The smallest absolute Gasteiger partial charge is 0.265 e. The third-order valence-corrected chi connectivity index (χ3v) is 4.37. The second-order valence-electron chi connectivity index (χ2n) is 5.24. The molecule has 0 heterocycles. The van der Waals surface area contributed by atoms with Crippen molar-refractivity contribution in [1.29, 1.82) is 0 Å². The van der Waals surface area contributed by atoms with E-state index >= 15 is 0 Å². The van der Waals surface area contributed by atoms with Gasteiger partial charge >= 0.3 is 0 Å². The van der Waals surface area contributed by atoms with Crippen molar-refractivity contribution < 1.29 is 13.9 Å². The van der Waals surface area contributed by atoms with Crippen LogP contribution in [0.2, 0.25) is 5.02 Å². The SMILES string of the molecule is Cc1cc(OC(C)C(=O)Nc2ccc(Br)cc2F)cc(C)c1Cl. The quantitative estimate of drug-likeness (QED) is 0.760. The van der Waals surface area contributed by atoms with Crippen LogP contribution in [0.5, 0.6) is 5.75 Å². The molecule has 0 aliphatic heterocycles. The number of nitrogens with one attached hydrogen (secondary N) is 1. The summed E-state index contributed by atoms with van der Waals surface area (Å²) in [7, 11) is 0. The first-order chi connectivity index (χ1) is 10.8. The zero-order valence-electron chi connectivity index (χ0n) is 12.9. The topological polar surface area (TPSA) is 38.3 Å². The molecular formula is C17H16BrClFNO2. The number of anilines is 1. The Labute approximate surface area is 147 Å².